The number of hydrogen-bond donors (Lipinski definition) is 1. The highest BCUT2D eigenvalue weighted by atomic mass is 35.5. The molecule has 0 saturated carbocycles. The standard InChI is InChI=1S/C28H45ClN2O2/c1-8-9-14-28(33-26(32)30-22(4)5)15-17-31(18-16-28)25(19-21(2)3)20-27(6,7)23-10-12-24(29)13-11-23/h10-13,19,22,25H,8-9,14-18,20H2,1-7H3,(H,30,32). The third-order valence-corrected chi connectivity index (χ3v) is 7.00. The number of benzene rings is 1. The summed E-state index contributed by atoms with van der Waals surface area (Å²) in [5, 5.41) is 3.69. The van der Waals surface area contributed by atoms with Crippen LogP contribution in [0.3, 0.4) is 0 Å². The Labute approximate surface area is 207 Å². The third kappa shape index (κ3) is 8.64. The predicted octanol–water partition coefficient (Wildman–Crippen LogP) is 7.50. The number of hydrogen-bond acceptors (Lipinski definition) is 3. The zero-order chi connectivity index (χ0) is 24.6. The molecule has 5 heteroatoms. The molecule has 1 aliphatic heterocycles. The van der Waals surface area contributed by atoms with Gasteiger partial charge in [0.15, 0.2) is 0 Å². The normalized spacial score (nSPS) is 17.5. The second-order valence-electron chi connectivity index (χ2n) is 10.9. The van der Waals surface area contributed by atoms with Gasteiger partial charge in [-0.2, -0.15) is 0 Å². The maximum atomic E-state index is 12.5. The summed E-state index contributed by atoms with van der Waals surface area (Å²) in [6, 6.07) is 8.69. The van der Waals surface area contributed by atoms with Gasteiger partial charge in [0.05, 0.1) is 0 Å². The van der Waals surface area contributed by atoms with Gasteiger partial charge in [0.2, 0.25) is 0 Å². The summed E-state index contributed by atoms with van der Waals surface area (Å²) in [4.78, 5) is 15.0. The van der Waals surface area contributed by atoms with Crippen molar-refractivity contribution in [2.45, 2.75) is 110 Å². The molecule has 2 rings (SSSR count). The van der Waals surface area contributed by atoms with Crippen LogP contribution in [0.4, 0.5) is 4.79 Å². The molecular formula is C28H45ClN2O2. The van der Waals surface area contributed by atoms with E-state index in [0.29, 0.717) is 6.04 Å². The van der Waals surface area contributed by atoms with Crippen molar-refractivity contribution >= 4 is 17.7 Å². The first-order chi connectivity index (χ1) is 15.5. The molecule has 186 valence electrons. The fraction of sp³-hybridized carbons (Fsp3) is 0.679. The van der Waals surface area contributed by atoms with Gasteiger partial charge in [0.1, 0.15) is 5.60 Å². The van der Waals surface area contributed by atoms with Crippen LogP contribution in [0.1, 0.15) is 92.6 Å². The van der Waals surface area contributed by atoms with Crippen molar-refractivity contribution in [2.24, 2.45) is 0 Å². The molecule has 1 aliphatic rings. The molecule has 0 bridgehead atoms. The highest BCUT2D eigenvalue weighted by Gasteiger charge is 2.40. The van der Waals surface area contributed by atoms with Crippen LogP contribution in [-0.2, 0) is 10.2 Å². The van der Waals surface area contributed by atoms with E-state index >= 15 is 0 Å². The van der Waals surface area contributed by atoms with E-state index in [1.54, 1.807) is 0 Å². The second kappa shape index (κ2) is 12.3. The number of alkyl carbamates (subject to hydrolysis) is 1. The van der Waals surface area contributed by atoms with Gasteiger partial charge >= 0.3 is 6.09 Å². The molecule has 0 aliphatic carbocycles. The van der Waals surface area contributed by atoms with Crippen LogP contribution in [0.15, 0.2) is 35.9 Å². The van der Waals surface area contributed by atoms with Crippen molar-refractivity contribution in [3.05, 3.63) is 46.5 Å². The predicted molar refractivity (Wildman–Crippen MR) is 140 cm³/mol. The molecule has 1 aromatic carbocycles. The molecule has 1 amide bonds. The lowest BCUT2D eigenvalue weighted by Gasteiger charge is -2.45. The van der Waals surface area contributed by atoms with E-state index in [2.05, 4.69) is 63.0 Å². The van der Waals surface area contributed by atoms with E-state index in [4.69, 9.17) is 16.3 Å². The lowest BCUT2D eigenvalue weighted by Crippen LogP contribution is -2.52. The minimum atomic E-state index is -0.354. The van der Waals surface area contributed by atoms with E-state index in [9.17, 15) is 4.79 Å². The molecule has 0 spiro atoms. The van der Waals surface area contributed by atoms with E-state index < -0.39 is 0 Å². The molecule has 1 N–H and O–H groups in total. The minimum Gasteiger partial charge on any atom is -0.443 e. The number of ether oxygens (including phenoxy) is 1. The van der Waals surface area contributed by atoms with Crippen LogP contribution in [-0.4, -0.2) is 41.8 Å². The molecule has 1 atom stereocenters. The molecule has 0 radical (unpaired) electrons. The van der Waals surface area contributed by atoms with Gasteiger partial charge in [0, 0.05) is 43.0 Å². The Morgan fingerprint density at radius 2 is 1.82 bits per heavy atom. The fourth-order valence-electron chi connectivity index (χ4n) is 4.85. The fourth-order valence-corrected chi connectivity index (χ4v) is 4.97. The number of allylic oxidation sites excluding steroid dienone is 1. The summed E-state index contributed by atoms with van der Waals surface area (Å²) in [6.07, 6.45) is 8.04. The van der Waals surface area contributed by atoms with Gasteiger partial charge in [-0.1, -0.05) is 62.6 Å². The Bertz CT molecular complexity index is 774. The Morgan fingerprint density at radius 3 is 2.33 bits per heavy atom. The molecule has 1 unspecified atom stereocenters. The molecule has 4 nitrogen and oxygen atoms in total. The van der Waals surface area contributed by atoms with Gasteiger partial charge in [-0.15, -0.1) is 0 Å². The van der Waals surface area contributed by atoms with Crippen LogP contribution in [0.2, 0.25) is 5.02 Å². The average molecular weight is 477 g/mol. The number of amides is 1. The van der Waals surface area contributed by atoms with Crippen molar-refractivity contribution in [2.75, 3.05) is 13.1 Å². The van der Waals surface area contributed by atoms with Gasteiger partial charge in [-0.05, 0) is 70.1 Å². The van der Waals surface area contributed by atoms with Gasteiger partial charge < -0.3 is 10.1 Å². The minimum absolute atomic E-state index is 0.0194. The quantitative estimate of drug-likeness (QED) is 0.355. The first-order valence-corrected chi connectivity index (χ1v) is 13.0. The highest BCUT2D eigenvalue weighted by Crippen LogP contribution is 2.36. The zero-order valence-electron chi connectivity index (χ0n) is 21.8. The van der Waals surface area contributed by atoms with Crippen molar-refractivity contribution in [1.29, 1.82) is 0 Å². The summed E-state index contributed by atoms with van der Waals surface area (Å²) >= 11 is 6.13. The summed E-state index contributed by atoms with van der Waals surface area (Å²) in [6.45, 7) is 17.0. The number of piperidine rings is 1. The number of nitrogens with zero attached hydrogens (tertiary/aromatic N) is 1. The van der Waals surface area contributed by atoms with Crippen LogP contribution in [0.5, 0.6) is 0 Å². The molecule has 1 heterocycles. The molecular weight excluding hydrogens is 432 g/mol. The lowest BCUT2D eigenvalue weighted by atomic mass is 9.77. The van der Waals surface area contributed by atoms with Gasteiger partial charge in [-0.3, -0.25) is 4.90 Å². The van der Waals surface area contributed by atoms with Crippen molar-refractivity contribution < 1.29 is 9.53 Å². The number of nitrogens with one attached hydrogen (secondary N) is 1. The summed E-state index contributed by atoms with van der Waals surface area (Å²) in [5.41, 5.74) is 2.31. The molecule has 33 heavy (non-hydrogen) atoms. The topological polar surface area (TPSA) is 41.6 Å². The molecule has 1 saturated heterocycles. The Morgan fingerprint density at radius 1 is 1.21 bits per heavy atom. The average Bonchev–Trinajstić information content (AvgIpc) is 2.71. The van der Waals surface area contributed by atoms with Crippen molar-refractivity contribution in [3.8, 4) is 0 Å². The Hall–Kier alpha value is -1.52. The molecule has 0 aromatic heterocycles. The number of carbonyl (C=O) groups excluding carboxylic acids is 1. The lowest BCUT2D eigenvalue weighted by molar-refractivity contribution is -0.0485. The van der Waals surface area contributed by atoms with E-state index in [1.165, 1.54) is 11.1 Å². The van der Waals surface area contributed by atoms with Crippen molar-refractivity contribution in [3.63, 3.8) is 0 Å². The number of halogens is 1. The Kier molecular flexibility index (Phi) is 10.3. The Balaban J connectivity index is 2.15. The van der Waals surface area contributed by atoms with Crippen molar-refractivity contribution in [1.82, 2.24) is 10.2 Å². The summed E-state index contributed by atoms with van der Waals surface area (Å²) in [5.74, 6) is 0. The summed E-state index contributed by atoms with van der Waals surface area (Å²) < 4.78 is 6.08. The smallest absolute Gasteiger partial charge is 0.407 e. The summed E-state index contributed by atoms with van der Waals surface area (Å²) in [7, 11) is 0. The number of rotatable bonds is 10. The highest BCUT2D eigenvalue weighted by molar-refractivity contribution is 6.30. The largest absolute Gasteiger partial charge is 0.443 e. The van der Waals surface area contributed by atoms with Crippen LogP contribution >= 0.6 is 11.6 Å². The van der Waals surface area contributed by atoms with Crippen LogP contribution < -0.4 is 5.32 Å². The van der Waals surface area contributed by atoms with Gasteiger partial charge in [-0.25, -0.2) is 4.79 Å². The van der Waals surface area contributed by atoms with Crippen LogP contribution in [0.25, 0.3) is 0 Å². The second-order valence-corrected chi connectivity index (χ2v) is 11.4. The monoisotopic (exact) mass is 476 g/mol. The number of carbonyl (C=O) groups is 1. The zero-order valence-corrected chi connectivity index (χ0v) is 22.6. The number of unbranched alkanes of at least 4 members (excludes halogenated alkanes) is 1. The molecule has 1 aromatic rings. The van der Waals surface area contributed by atoms with Crippen LogP contribution in [0, 0.1) is 0 Å². The first kappa shape index (κ1) is 27.7. The first-order valence-electron chi connectivity index (χ1n) is 12.6. The van der Waals surface area contributed by atoms with E-state index in [-0.39, 0.29) is 23.2 Å². The maximum Gasteiger partial charge on any atom is 0.407 e. The SMILES string of the molecule is CCCCC1(OC(=O)NC(C)C)CCN(C(C=C(C)C)CC(C)(C)c2ccc(Cl)cc2)CC1. The third-order valence-electron chi connectivity index (χ3n) is 6.75. The van der Waals surface area contributed by atoms with E-state index in [1.807, 2.05) is 26.0 Å². The van der Waals surface area contributed by atoms with Gasteiger partial charge in [0.25, 0.3) is 0 Å². The maximum absolute atomic E-state index is 12.5. The molecule has 1 fully saturated rings. The van der Waals surface area contributed by atoms with E-state index in [0.717, 1.165) is 56.6 Å². The number of likely N-dealkylation sites (tertiary alicyclic amines) is 1.